The normalized spacial score (nSPS) is 15.5. The maximum Gasteiger partial charge on any atom is 0.326 e. The van der Waals surface area contributed by atoms with E-state index in [2.05, 4.69) is 5.32 Å². The van der Waals surface area contributed by atoms with Gasteiger partial charge in [-0.25, -0.2) is 9.59 Å². The molecule has 1 aromatic rings. The summed E-state index contributed by atoms with van der Waals surface area (Å²) in [6, 6.07) is 7.93. The van der Waals surface area contributed by atoms with Gasteiger partial charge in [0.15, 0.2) is 5.12 Å². The lowest BCUT2D eigenvalue weighted by Crippen LogP contribution is -2.50. The molecular formula is C22H32N2O4S. The second kappa shape index (κ2) is 12.5. The second-order valence-corrected chi connectivity index (χ2v) is 8.92. The number of urea groups is 1. The molecule has 1 aliphatic rings. The fraction of sp³-hybridized carbons (Fsp3) is 0.591. The molecular weight excluding hydrogens is 388 g/mol. The number of carbonyl (C=O) groups is 3. The number of carbonyl (C=O) groups excluding carboxylic acids is 2. The first-order valence-corrected chi connectivity index (χ1v) is 11.4. The summed E-state index contributed by atoms with van der Waals surface area (Å²) >= 11 is 1.19. The number of nitrogens with one attached hydrogen (secondary N) is 1. The van der Waals surface area contributed by atoms with E-state index in [4.69, 9.17) is 0 Å². The first-order chi connectivity index (χ1) is 14.0. The molecule has 29 heavy (non-hydrogen) atoms. The fourth-order valence-electron chi connectivity index (χ4n) is 3.72. The molecule has 6 nitrogen and oxygen atoms in total. The van der Waals surface area contributed by atoms with Gasteiger partial charge in [0, 0.05) is 32.2 Å². The van der Waals surface area contributed by atoms with Crippen molar-refractivity contribution in [1.82, 2.24) is 10.2 Å². The van der Waals surface area contributed by atoms with Crippen molar-refractivity contribution < 1.29 is 19.5 Å². The van der Waals surface area contributed by atoms with Gasteiger partial charge in [-0.15, -0.1) is 0 Å². The number of amides is 2. The minimum atomic E-state index is -1.05. The first-order valence-electron chi connectivity index (χ1n) is 10.4. The zero-order valence-corrected chi connectivity index (χ0v) is 18.0. The van der Waals surface area contributed by atoms with E-state index in [0.29, 0.717) is 24.8 Å². The minimum absolute atomic E-state index is 0.0186. The molecule has 0 bridgehead atoms. The summed E-state index contributed by atoms with van der Waals surface area (Å²) in [6.07, 6.45) is 7.34. The molecule has 1 atom stereocenters. The summed E-state index contributed by atoms with van der Waals surface area (Å²) in [6.45, 7) is 2.53. The molecule has 1 aliphatic carbocycles. The molecule has 7 heteroatoms. The minimum Gasteiger partial charge on any atom is -0.480 e. The van der Waals surface area contributed by atoms with Crippen molar-refractivity contribution in [2.75, 3.05) is 18.8 Å². The lowest BCUT2D eigenvalue weighted by atomic mass is 9.87. The summed E-state index contributed by atoms with van der Waals surface area (Å²) < 4.78 is 0. The third kappa shape index (κ3) is 8.90. The topological polar surface area (TPSA) is 86.7 Å². The number of benzene rings is 1. The fourth-order valence-corrected chi connectivity index (χ4v) is 4.32. The van der Waals surface area contributed by atoms with Crippen LogP contribution < -0.4 is 5.32 Å². The molecule has 1 aromatic carbocycles. The van der Waals surface area contributed by atoms with Gasteiger partial charge >= 0.3 is 12.0 Å². The Hall–Kier alpha value is -2.02. The number of nitrogens with zero attached hydrogens (tertiary/aromatic N) is 1. The Bertz CT molecular complexity index is 662. The van der Waals surface area contributed by atoms with E-state index in [1.54, 1.807) is 4.90 Å². The SMILES string of the molecule is CC(=O)SCCN(CCC1CCCCC1)C(=O)NC(Cc1ccccc1)C(=O)O. The van der Waals surface area contributed by atoms with Crippen molar-refractivity contribution in [2.45, 2.75) is 57.9 Å². The quantitative estimate of drug-likeness (QED) is 0.599. The van der Waals surface area contributed by atoms with E-state index < -0.39 is 12.0 Å². The van der Waals surface area contributed by atoms with Crippen LogP contribution in [-0.4, -0.2) is 52.0 Å². The molecule has 1 fully saturated rings. The lowest BCUT2D eigenvalue weighted by Gasteiger charge is -2.28. The highest BCUT2D eigenvalue weighted by molar-refractivity contribution is 8.13. The Kier molecular flexibility index (Phi) is 10.0. The van der Waals surface area contributed by atoms with Crippen LogP contribution in [0.5, 0.6) is 0 Å². The number of carboxylic acids is 1. The zero-order valence-electron chi connectivity index (χ0n) is 17.1. The molecule has 0 radical (unpaired) electrons. The zero-order chi connectivity index (χ0) is 21.1. The summed E-state index contributed by atoms with van der Waals surface area (Å²) in [5.41, 5.74) is 0.862. The number of carboxylic acid groups (broad SMARTS) is 1. The van der Waals surface area contributed by atoms with Crippen LogP contribution in [0.4, 0.5) is 4.79 Å². The molecule has 2 amide bonds. The average Bonchev–Trinajstić information content (AvgIpc) is 2.71. The molecule has 0 heterocycles. The number of rotatable bonds is 10. The van der Waals surface area contributed by atoms with E-state index in [9.17, 15) is 19.5 Å². The van der Waals surface area contributed by atoms with Gasteiger partial charge in [0.2, 0.25) is 0 Å². The third-order valence-corrected chi connectivity index (χ3v) is 6.16. The average molecular weight is 421 g/mol. The van der Waals surface area contributed by atoms with Crippen LogP contribution in [0.15, 0.2) is 30.3 Å². The van der Waals surface area contributed by atoms with Crippen LogP contribution in [0.2, 0.25) is 0 Å². The molecule has 0 spiro atoms. The van der Waals surface area contributed by atoms with Gasteiger partial charge in [0.05, 0.1) is 0 Å². The summed E-state index contributed by atoms with van der Waals surface area (Å²) in [5.74, 6) is 0.0933. The van der Waals surface area contributed by atoms with E-state index in [1.807, 2.05) is 30.3 Å². The van der Waals surface area contributed by atoms with Crippen LogP contribution >= 0.6 is 11.8 Å². The molecule has 0 aromatic heterocycles. The van der Waals surface area contributed by atoms with Crippen LogP contribution in [0.3, 0.4) is 0 Å². The Balaban J connectivity index is 1.96. The predicted octanol–water partition coefficient (Wildman–Crippen LogP) is 3.94. The van der Waals surface area contributed by atoms with E-state index in [0.717, 1.165) is 12.0 Å². The van der Waals surface area contributed by atoms with Crippen LogP contribution in [0, 0.1) is 5.92 Å². The predicted molar refractivity (Wildman–Crippen MR) is 116 cm³/mol. The van der Waals surface area contributed by atoms with E-state index >= 15 is 0 Å². The van der Waals surface area contributed by atoms with Crippen molar-refractivity contribution >= 4 is 28.9 Å². The Morgan fingerprint density at radius 2 is 1.83 bits per heavy atom. The van der Waals surface area contributed by atoms with Gasteiger partial charge in [-0.3, -0.25) is 4.79 Å². The number of aliphatic carboxylic acids is 1. The largest absolute Gasteiger partial charge is 0.480 e. The maximum atomic E-state index is 12.9. The van der Waals surface area contributed by atoms with E-state index in [1.165, 1.54) is 50.8 Å². The van der Waals surface area contributed by atoms with Gasteiger partial charge in [-0.2, -0.15) is 0 Å². The van der Waals surface area contributed by atoms with Gasteiger partial charge in [-0.05, 0) is 17.9 Å². The maximum absolute atomic E-state index is 12.9. The van der Waals surface area contributed by atoms with Crippen molar-refractivity contribution in [3.05, 3.63) is 35.9 Å². The molecule has 2 rings (SSSR count). The standard InChI is InChI=1S/C22H32N2O4S/c1-17(25)29-15-14-24(13-12-18-8-4-2-5-9-18)22(28)23-20(21(26)27)16-19-10-6-3-7-11-19/h3,6-7,10-11,18,20H,2,4-5,8-9,12-16H2,1H3,(H,23,28)(H,26,27). The van der Waals surface area contributed by atoms with Crippen LogP contribution in [-0.2, 0) is 16.0 Å². The number of hydrogen-bond acceptors (Lipinski definition) is 4. The van der Waals surface area contributed by atoms with Crippen molar-refractivity contribution in [3.8, 4) is 0 Å². The Morgan fingerprint density at radius 3 is 2.45 bits per heavy atom. The smallest absolute Gasteiger partial charge is 0.326 e. The molecule has 2 N–H and O–H groups in total. The monoisotopic (exact) mass is 420 g/mol. The van der Waals surface area contributed by atoms with Gasteiger partial charge in [0.1, 0.15) is 6.04 Å². The highest BCUT2D eigenvalue weighted by Gasteiger charge is 2.24. The molecule has 1 unspecified atom stereocenters. The summed E-state index contributed by atoms with van der Waals surface area (Å²) in [7, 11) is 0. The molecule has 1 saturated carbocycles. The van der Waals surface area contributed by atoms with E-state index in [-0.39, 0.29) is 17.6 Å². The third-order valence-electron chi connectivity index (χ3n) is 5.36. The Labute approximate surface area is 177 Å². The molecule has 0 aliphatic heterocycles. The van der Waals surface area contributed by atoms with Crippen molar-refractivity contribution in [2.24, 2.45) is 5.92 Å². The number of hydrogen-bond donors (Lipinski definition) is 2. The summed E-state index contributed by atoms with van der Waals surface area (Å²) in [4.78, 5) is 37.5. The van der Waals surface area contributed by atoms with Crippen molar-refractivity contribution in [1.29, 1.82) is 0 Å². The van der Waals surface area contributed by atoms with Gasteiger partial charge in [0.25, 0.3) is 0 Å². The van der Waals surface area contributed by atoms with Gasteiger partial charge < -0.3 is 15.3 Å². The molecule has 160 valence electrons. The number of thioether (sulfide) groups is 1. The highest BCUT2D eigenvalue weighted by Crippen LogP contribution is 2.26. The lowest BCUT2D eigenvalue weighted by molar-refractivity contribution is -0.139. The highest BCUT2D eigenvalue weighted by atomic mass is 32.2. The van der Waals surface area contributed by atoms with Crippen molar-refractivity contribution in [3.63, 3.8) is 0 Å². The van der Waals surface area contributed by atoms with Gasteiger partial charge in [-0.1, -0.05) is 74.2 Å². The second-order valence-electron chi connectivity index (χ2n) is 7.65. The first kappa shape index (κ1) is 23.3. The summed E-state index contributed by atoms with van der Waals surface area (Å²) in [5, 5.41) is 12.3. The van der Waals surface area contributed by atoms with Crippen LogP contribution in [0.25, 0.3) is 0 Å². The van der Waals surface area contributed by atoms with Crippen LogP contribution in [0.1, 0.15) is 51.0 Å². The molecule has 0 saturated heterocycles. The Morgan fingerprint density at radius 1 is 1.14 bits per heavy atom.